The van der Waals surface area contributed by atoms with E-state index < -0.39 is 6.10 Å². The van der Waals surface area contributed by atoms with Gasteiger partial charge in [-0.05, 0) is 37.3 Å². The molecule has 1 atom stereocenters. The van der Waals surface area contributed by atoms with Crippen molar-refractivity contribution in [3.63, 3.8) is 0 Å². The fourth-order valence-corrected chi connectivity index (χ4v) is 2.02. The van der Waals surface area contributed by atoms with Crippen molar-refractivity contribution >= 4 is 23.2 Å². The number of rotatable bonds is 5. The predicted octanol–water partition coefficient (Wildman–Crippen LogP) is 3.41. The summed E-state index contributed by atoms with van der Waals surface area (Å²) in [6.07, 6.45) is -0.726. The highest BCUT2D eigenvalue weighted by Gasteiger charge is 2.11. The van der Waals surface area contributed by atoms with Gasteiger partial charge in [-0.25, -0.2) is 0 Å². The van der Waals surface area contributed by atoms with E-state index in [-0.39, 0.29) is 12.5 Å². The predicted molar refractivity (Wildman–Crippen MR) is 82.7 cm³/mol. The number of amides is 1. The Morgan fingerprint density at radius 2 is 2.00 bits per heavy atom. The van der Waals surface area contributed by atoms with Crippen LogP contribution in [0.2, 0.25) is 5.02 Å². The smallest absolute Gasteiger partial charge is 0.262 e. The Kier molecular flexibility index (Phi) is 5.20. The summed E-state index contributed by atoms with van der Waals surface area (Å²) in [4.78, 5) is 11.8. The third kappa shape index (κ3) is 4.48. The number of hydrogen-bond donors (Lipinski definition) is 2. The molecule has 0 heterocycles. The van der Waals surface area contributed by atoms with Gasteiger partial charge in [0.2, 0.25) is 0 Å². The Hall–Kier alpha value is -2.04. The first-order chi connectivity index (χ1) is 10.1. The average molecular weight is 306 g/mol. The zero-order valence-electron chi connectivity index (χ0n) is 11.5. The number of carbonyl (C=O) groups is 1. The molecule has 0 aliphatic rings. The van der Waals surface area contributed by atoms with E-state index in [4.69, 9.17) is 16.3 Å². The highest BCUT2D eigenvalue weighted by Crippen LogP contribution is 2.28. The zero-order valence-corrected chi connectivity index (χ0v) is 12.3. The van der Waals surface area contributed by atoms with Crippen molar-refractivity contribution in [2.75, 3.05) is 11.9 Å². The Morgan fingerprint density at radius 1 is 1.29 bits per heavy atom. The molecule has 2 aromatic rings. The summed E-state index contributed by atoms with van der Waals surface area (Å²) in [6, 6.07) is 14.0. The molecular weight excluding hydrogens is 290 g/mol. The molecule has 0 saturated carbocycles. The summed E-state index contributed by atoms with van der Waals surface area (Å²) in [7, 11) is 0. The largest absolute Gasteiger partial charge is 0.483 e. The van der Waals surface area contributed by atoms with Crippen LogP contribution in [0.15, 0.2) is 48.5 Å². The number of benzene rings is 2. The monoisotopic (exact) mass is 305 g/mol. The first-order valence-corrected chi connectivity index (χ1v) is 6.89. The minimum atomic E-state index is -0.726. The lowest BCUT2D eigenvalue weighted by Crippen LogP contribution is -2.20. The van der Waals surface area contributed by atoms with Gasteiger partial charge in [0.25, 0.3) is 5.91 Å². The number of carbonyl (C=O) groups excluding carboxylic acids is 1. The number of aliphatic hydroxyl groups is 1. The number of nitrogens with one attached hydrogen (secondary N) is 1. The number of aliphatic hydroxyl groups excluding tert-OH is 1. The van der Waals surface area contributed by atoms with Crippen molar-refractivity contribution in [2.24, 2.45) is 0 Å². The third-order valence-corrected chi connectivity index (χ3v) is 3.07. The van der Waals surface area contributed by atoms with Crippen LogP contribution in [0.5, 0.6) is 5.75 Å². The molecule has 2 rings (SSSR count). The van der Waals surface area contributed by atoms with Gasteiger partial charge in [-0.1, -0.05) is 29.8 Å². The molecule has 0 saturated heterocycles. The molecule has 0 unspecified atom stereocenters. The van der Waals surface area contributed by atoms with Crippen molar-refractivity contribution in [3.8, 4) is 5.75 Å². The third-order valence-electron chi connectivity index (χ3n) is 2.84. The maximum Gasteiger partial charge on any atom is 0.262 e. The minimum Gasteiger partial charge on any atom is -0.483 e. The molecule has 110 valence electrons. The molecular formula is C16H16ClNO3. The Labute approximate surface area is 128 Å². The van der Waals surface area contributed by atoms with Crippen molar-refractivity contribution in [1.29, 1.82) is 0 Å². The van der Waals surface area contributed by atoms with E-state index in [0.29, 0.717) is 22.0 Å². The highest BCUT2D eigenvalue weighted by atomic mass is 35.5. The number of halogens is 1. The lowest BCUT2D eigenvalue weighted by Gasteiger charge is -2.13. The number of para-hydroxylation sites is 1. The van der Waals surface area contributed by atoms with E-state index in [1.54, 1.807) is 37.3 Å². The topological polar surface area (TPSA) is 58.6 Å². The second kappa shape index (κ2) is 7.11. The molecule has 0 fully saturated rings. The van der Waals surface area contributed by atoms with Crippen molar-refractivity contribution in [1.82, 2.24) is 0 Å². The van der Waals surface area contributed by atoms with E-state index in [9.17, 15) is 9.90 Å². The molecule has 1 amide bonds. The van der Waals surface area contributed by atoms with Gasteiger partial charge in [0.1, 0.15) is 5.75 Å². The summed E-state index contributed by atoms with van der Waals surface area (Å²) in [6.45, 7) is 1.47. The first-order valence-electron chi connectivity index (χ1n) is 6.51. The molecule has 0 aliphatic carbocycles. The molecule has 21 heavy (non-hydrogen) atoms. The van der Waals surface area contributed by atoms with Gasteiger partial charge in [-0.3, -0.25) is 4.79 Å². The standard InChI is InChI=1S/C16H16ClNO3/c1-11(19)14-9-12(17)7-8-15(14)21-10-16(20)18-13-5-3-2-4-6-13/h2-9,11,19H,10H2,1H3,(H,18,20)/t11-/m0/s1. The van der Waals surface area contributed by atoms with Gasteiger partial charge in [-0.2, -0.15) is 0 Å². The van der Waals surface area contributed by atoms with Gasteiger partial charge in [0.05, 0.1) is 6.10 Å². The van der Waals surface area contributed by atoms with E-state index in [1.807, 2.05) is 18.2 Å². The molecule has 0 aromatic heterocycles. The zero-order chi connectivity index (χ0) is 15.2. The Balaban J connectivity index is 1.98. The van der Waals surface area contributed by atoms with Crippen LogP contribution in [0.4, 0.5) is 5.69 Å². The summed E-state index contributed by atoms with van der Waals surface area (Å²) in [5, 5.41) is 12.9. The molecule has 0 aliphatic heterocycles. The number of anilines is 1. The molecule has 2 aromatic carbocycles. The molecule has 5 heteroatoms. The van der Waals surface area contributed by atoms with Crippen molar-refractivity contribution in [3.05, 3.63) is 59.1 Å². The summed E-state index contributed by atoms with van der Waals surface area (Å²) < 4.78 is 5.46. The van der Waals surface area contributed by atoms with Crippen LogP contribution in [0.3, 0.4) is 0 Å². The van der Waals surface area contributed by atoms with Gasteiger partial charge in [0.15, 0.2) is 6.61 Å². The van der Waals surface area contributed by atoms with Crippen molar-refractivity contribution in [2.45, 2.75) is 13.0 Å². The van der Waals surface area contributed by atoms with Crippen LogP contribution in [0.1, 0.15) is 18.6 Å². The van der Waals surface area contributed by atoms with E-state index in [2.05, 4.69) is 5.32 Å². The van der Waals surface area contributed by atoms with Crippen LogP contribution < -0.4 is 10.1 Å². The number of hydrogen-bond acceptors (Lipinski definition) is 3. The van der Waals surface area contributed by atoms with Crippen LogP contribution in [0.25, 0.3) is 0 Å². The second-order valence-corrected chi connectivity index (χ2v) is 5.00. The van der Waals surface area contributed by atoms with E-state index >= 15 is 0 Å². The first kappa shape index (κ1) is 15.4. The lowest BCUT2D eigenvalue weighted by molar-refractivity contribution is -0.118. The molecule has 0 radical (unpaired) electrons. The fraction of sp³-hybridized carbons (Fsp3) is 0.188. The van der Waals surface area contributed by atoms with E-state index in [0.717, 1.165) is 0 Å². The second-order valence-electron chi connectivity index (χ2n) is 4.56. The number of ether oxygens (including phenoxy) is 1. The van der Waals surface area contributed by atoms with Crippen molar-refractivity contribution < 1.29 is 14.6 Å². The van der Waals surface area contributed by atoms with Gasteiger partial charge in [-0.15, -0.1) is 0 Å². The highest BCUT2D eigenvalue weighted by molar-refractivity contribution is 6.30. The average Bonchev–Trinajstić information content (AvgIpc) is 2.47. The van der Waals surface area contributed by atoms with Gasteiger partial charge in [0, 0.05) is 16.3 Å². The molecule has 4 nitrogen and oxygen atoms in total. The van der Waals surface area contributed by atoms with Gasteiger partial charge < -0.3 is 15.2 Å². The molecule has 2 N–H and O–H groups in total. The van der Waals surface area contributed by atoms with E-state index in [1.165, 1.54) is 0 Å². The van der Waals surface area contributed by atoms with Crippen LogP contribution in [0, 0.1) is 0 Å². The quantitative estimate of drug-likeness (QED) is 0.890. The van der Waals surface area contributed by atoms with Crippen LogP contribution in [-0.4, -0.2) is 17.6 Å². The van der Waals surface area contributed by atoms with Crippen LogP contribution in [-0.2, 0) is 4.79 Å². The molecule has 0 spiro atoms. The summed E-state index contributed by atoms with van der Waals surface area (Å²) in [5.74, 6) is 0.172. The molecule has 0 bridgehead atoms. The maximum absolute atomic E-state index is 11.8. The fourth-order valence-electron chi connectivity index (χ4n) is 1.84. The summed E-state index contributed by atoms with van der Waals surface area (Å²) in [5.41, 5.74) is 1.26. The Morgan fingerprint density at radius 3 is 2.67 bits per heavy atom. The van der Waals surface area contributed by atoms with Gasteiger partial charge >= 0.3 is 0 Å². The normalized spacial score (nSPS) is 11.8. The maximum atomic E-state index is 11.8. The van der Waals surface area contributed by atoms with Crippen LogP contribution >= 0.6 is 11.6 Å². The SMILES string of the molecule is C[C@H](O)c1cc(Cl)ccc1OCC(=O)Nc1ccccc1. The summed E-state index contributed by atoms with van der Waals surface area (Å²) >= 11 is 5.88. The lowest BCUT2D eigenvalue weighted by atomic mass is 10.1. The minimum absolute atomic E-state index is 0.143. The Bertz CT molecular complexity index is 614.